The SMILES string of the molecule is c1ccc(-c2ccc(-n3c4ccccc4c4cc5c(cc43)c3ccccc3n5-c3cccc(-c4ccccc4)c3)cc2)cc1. The molecule has 7 aromatic carbocycles. The lowest BCUT2D eigenvalue weighted by Gasteiger charge is -2.11. The van der Waals surface area contributed by atoms with Crippen molar-refractivity contribution in [2.75, 3.05) is 0 Å². The van der Waals surface area contributed by atoms with E-state index in [0.717, 1.165) is 11.4 Å². The molecular weight excluding hydrogens is 532 g/mol. The van der Waals surface area contributed by atoms with E-state index in [1.807, 2.05) is 0 Å². The van der Waals surface area contributed by atoms with Crippen LogP contribution in [0.25, 0.3) is 77.2 Å². The second-order valence-electron chi connectivity index (χ2n) is 11.4. The fourth-order valence-electron chi connectivity index (χ4n) is 6.88. The maximum Gasteiger partial charge on any atom is 0.0548 e. The summed E-state index contributed by atoms with van der Waals surface area (Å²) in [7, 11) is 0. The largest absolute Gasteiger partial charge is 0.309 e. The maximum atomic E-state index is 2.43. The van der Waals surface area contributed by atoms with E-state index in [2.05, 4.69) is 179 Å². The van der Waals surface area contributed by atoms with Crippen LogP contribution in [-0.4, -0.2) is 9.13 Å². The summed E-state index contributed by atoms with van der Waals surface area (Å²) < 4.78 is 4.85. The minimum Gasteiger partial charge on any atom is -0.309 e. The average Bonchev–Trinajstić information content (AvgIpc) is 3.60. The topological polar surface area (TPSA) is 9.86 Å². The average molecular weight is 561 g/mol. The summed E-state index contributed by atoms with van der Waals surface area (Å²) in [6.07, 6.45) is 0. The Morgan fingerprint density at radius 2 is 0.705 bits per heavy atom. The predicted octanol–water partition coefficient (Wildman–Crippen LogP) is 11.2. The van der Waals surface area contributed by atoms with Gasteiger partial charge in [-0.3, -0.25) is 0 Å². The van der Waals surface area contributed by atoms with Gasteiger partial charge in [0.05, 0.1) is 22.1 Å². The van der Waals surface area contributed by atoms with E-state index in [-0.39, 0.29) is 0 Å². The maximum absolute atomic E-state index is 2.43. The smallest absolute Gasteiger partial charge is 0.0548 e. The van der Waals surface area contributed by atoms with Gasteiger partial charge in [-0.2, -0.15) is 0 Å². The molecular formula is C42H28N2. The molecule has 0 atom stereocenters. The highest BCUT2D eigenvalue weighted by Crippen LogP contribution is 2.40. The highest BCUT2D eigenvalue weighted by atomic mass is 15.0. The summed E-state index contributed by atoms with van der Waals surface area (Å²) in [5.41, 5.74) is 12.1. The Morgan fingerprint density at radius 3 is 1.30 bits per heavy atom. The van der Waals surface area contributed by atoms with Gasteiger partial charge in [-0.15, -0.1) is 0 Å². The Kier molecular flexibility index (Phi) is 5.54. The number of rotatable bonds is 4. The van der Waals surface area contributed by atoms with Crippen LogP contribution in [0.3, 0.4) is 0 Å². The summed E-state index contributed by atoms with van der Waals surface area (Å²) in [5, 5.41) is 5.02. The lowest BCUT2D eigenvalue weighted by molar-refractivity contribution is 1.17. The lowest BCUT2D eigenvalue weighted by atomic mass is 10.1. The number of nitrogens with zero attached hydrogens (tertiary/aromatic N) is 2. The molecule has 0 amide bonds. The second-order valence-corrected chi connectivity index (χ2v) is 11.4. The standard InChI is InChI=1S/C42H28N2/c1-3-12-29(13-4-1)31-22-24-33(25-23-31)43-39-20-9-7-18-35(39)37-28-42-38(27-41(37)43)36-19-8-10-21-40(36)44(42)34-17-11-16-32(26-34)30-14-5-2-6-15-30/h1-28H. The minimum absolute atomic E-state index is 1.16. The highest BCUT2D eigenvalue weighted by molar-refractivity contribution is 6.19. The van der Waals surface area contributed by atoms with Gasteiger partial charge in [0.2, 0.25) is 0 Å². The van der Waals surface area contributed by atoms with E-state index >= 15 is 0 Å². The zero-order valence-corrected chi connectivity index (χ0v) is 24.1. The van der Waals surface area contributed by atoms with Crippen molar-refractivity contribution in [1.82, 2.24) is 9.13 Å². The second kappa shape index (κ2) is 9.86. The van der Waals surface area contributed by atoms with Gasteiger partial charge in [0.25, 0.3) is 0 Å². The van der Waals surface area contributed by atoms with Crippen LogP contribution >= 0.6 is 0 Å². The van der Waals surface area contributed by atoms with Crippen molar-refractivity contribution in [2.24, 2.45) is 0 Å². The Hall–Kier alpha value is -5.86. The molecule has 0 aliphatic heterocycles. The molecule has 0 saturated heterocycles. The minimum atomic E-state index is 1.16. The van der Waals surface area contributed by atoms with E-state index in [4.69, 9.17) is 0 Å². The van der Waals surface area contributed by atoms with Crippen LogP contribution in [0.2, 0.25) is 0 Å². The molecule has 206 valence electrons. The predicted molar refractivity (Wildman–Crippen MR) is 186 cm³/mol. The molecule has 0 saturated carbocycles. The van der Waals surface area contributed by atoms with Crippen molar-refractivity contribution in [3.8, 4) is 33.6 Å². The van der Waals surface area contributed by atoms with Crippen molar-refractivity contribution in [3.05, 3.63) is 170 Å². The number of benzene rings is 7. The Bertz CT molecular complexity index is 2460. The Labute approximate surface area is 255 Å². The van der Waals surface area contributed by atoms with Crippen LogP contribution < -0.4 is 0 Å². The number of hydrogen-bond acceptors (Lipinski definition) is 0. The first-order valence-corrected chi connectivity index (χ1v) is 15.1. The zero-order valence-electron chi connectivity index (χ0n) is 24.1. The molecule has 0 unspecified atom stereocenters. The molecule has 2 aromatic heterocycles. The monoisotopic (exact) mass is 560 g/mol. The fourth-order valence-corrected chi connectivity index (χ4v) is 6.88. The van der Waals surface area contributed by atoms with Gasteiger partial charge in [0, 0.05) is 32.9 Å². The number of para-hydroxylation sites is 2. The van der Waals surface area contributed by atoms with E-state index in [9.17, 15) is 0 Å². The van der Waals surface area contributed by atoms with Gasteiger partial charge in [0.1, 0.15) is 0 Å². The lowest BCUT2D eigenvalue weighted by Crippen LogP contribution is -1.95. The molecule has 0 fully saturated rings. The van der Waals surface area contributed by atoms with Gasteiger partial charge in [0.15, 0.2) is 0 Å². The van der Waals surface area contributed by atoms with Gasteiger partial charge >= 0.3 is 0 Å². The molecule has 0 aliphatic rings. The quantitative estimate of drug-likeness (QED) is 0.203. The first-order chi connectivity index (χ1) is 21.8. The van der Waals surface area contributed by atoms with Crippen molar-refractivity contribution in [2.45, 2.75) is 0 Å². The van der Waals surface area contributed by atoms with E-state index in [1.165, 1.54) is 65.9 Å². The van der Waals surface area contributed by atoms with Gasteiger partial charge < -0.3 is 9.13 Å². The number of fused-ring (bicyclic) bond motifs is 6. The number of hydrogen-bond donors (Lipinski definition) is 0. The van der Waals surface area contributed by atoms with Gasteiger partial charge in [-0.25, -0.2) is 0 Å². The molecule has 0 spiro atoms. The summed E-state index contributed by atoms with van der Waals surface area (Å²) >= 11 is 0. The fraction of sp³-hybridized carbons (Fsp3) is 0. The molecule has 2 heterocycles. The molecule has 9 aromatic rings. The van der Waals surface area contributed by atoms with E-state index in [1.54, 1.807) is 0 Å². The zero-order chi connectivity index (χ0) is 29.0. The first kappa shape index (κ1) is 24.7. The summed E-state index contributed by atoms with van der Waals surface area (Å²) in [6, 6.07) is 61.4. The van der Waals surface area contributed by atoms with E-state index < -0.39 is 0 Å². The third-order valence-corrected chi connectivity index (χ3v) is 8.91. The third-order valence-electron chi connectivity index (χ3n) is 8.91. The summed E-state index contributed by atoms with van der Waals surface area (Å²) in [6.45, 7) is 0. The van der Waals surface area contributed by atoms with Crippen LogP contribution in [0.5, 0.6) is 0 Å². The molecule has 2 heteroatoms. The third kappa shape index (κ3) is 3.82. The molecule has 0 aliphatic carbocycles. The normalized spacial score (nSPS) is 11.6. The Balaban J connectivity index is 1.31. The molecule has 0 N–H and O–H groups in total. The van der Waals surface area contributed by atoms with Crippen LogP contribution in [0.4, 0.5) is 0 Å². The van der Waals surface area contributed by atoms with Gasteiger partial charge in [-0.05, 0) is 70.8 Å². The first-order valence-electron chi connectivity index (χ1n) is 15.1. The van der Waals surface area contributed by atoms with Crippen molar-refractivity contribution < 1.29 is 0 Å². The summed E-state index contributed by atoms with van der Waals surface area (Å²) in [5.74, 6) is 0. The highest BCUT2D eigenvalue weighted by Gasteiger charge is 2.18. The summed E-state index contributed by atoms with van der Waals surface area (Å²) in [4.78, 5) is 0. The van der Waals surface area contributed by atoms with Crippen LogP contribution in [0, 0.1) is 0 Å². The van der Waals surface area contributed by atoms with Crippen LogP contribution in [-0.2, 0) is 0 Å². The number of aromatic nitrogens is 2. The molecule has 9 rings (SSSR count). The van der Waals surface area contributed by atoms with Crippen LogP contribution in [0.15, 0.2) is 170 Å². The molecule has 0 bridgehead atoms. The molecule has 2 nitrogen and oxygen atoms in total. The molecule has 0 radical (unpaired) electrons. The van der Waals surface area contributed by atoms with Crippen LogP contribution in [0.1, 0.15) is 0 Å². The Morgan fingerprint density at radius 1 is 0.250 bits per heavy atom. The van der Waals surface area contributed by atoms with Gasteiger partial charge in [-0.1, -0.05) is 121 Å². The van der Waals surface area contributed by atoms with Crippen molar-refractivity contribution in [1.29, 1.82) is 0 Å². The molecule has 44 heavy (non-hydrogen) atoms. The van der Waals surface area contributed by atoms with E-state index in [0.29, 0.717) is 0 Å². The van der Waals surface area contributed by atoms with Crippen molar-refractivity contribution in [3.63, 3.8) is 0 Å². The van der Waals surface area contributed by atoms with Crippen molar-refractivity contribution >= 4 is 43.6 Å².